The lowest BCUT2D eigenvalue weighted by Crippen LogP contribution is -2.22. The molecule has 3 heteroatoms. The van der Waals surface area contributed by atoms with E-state index in [1.807, 2.05) is 0 Å². The molecule has 82 valence electrons. The quantitative estimate of drug-likeness (QED) is 0.302. The molecule has 2 aliphatic carbocycles. The lowest BCUT2D eigenvalue weighted by atomic mass is 9.88. The third kappa shape index (κ3) is 1.60. The molecule has 15 heavy (non-hydrogen) atoms. The SMILES string of the molecule is CC(C)=C1C2CCC1C(C(=O)OC=O)C2. The molecule has 2 rings (SSSR count). The molecular formula is C12H16O3. The summed E-state index contributed by atoms with van der Waals surface area (Å²) in [5.41, 5.74) is 2.78. The molecule has 3 atom stereocenters. The Kier molecular flexibility index (Phi) is 2.63. The summed E-state index contributed by atoms with van der Waals surface area (Å²) in [5, 5.41) is 0. The lowest BCUT2D eigenvalue weighted by molar-refractivity contribution is -0.156. The number of rotatable bonds is 2. The third-order valence-corrected chi connectivity index (χ3v) is 3.73. The number of fused-ring (bicyclic) bond motifs is 2. The monoisotopic (exact) mass is 208 g/mol. The molecule has 3 nitrogen and oxygen atoms in total. The number of esters is 1. The third-order valence-electron chi connectivity index (χ3n) is 3.73. The van der Waals surface area contributed by atoms with Gasteiger partial charge in [0.1, 0.15) is 0 Å². The molecule has 0 amide bonds. The first-order chi connectivity index (χ1) is 7.15. The molecule has 2 fully saturated rings. The van der Waals surface area contributed by atoms with E-state index in [0.717, 1.165) is 12.8 Å². The van der Waals surface area contributed by atoms with Crippen LogP contribution in [-0.4, -0.2) is 12.4 Å². The summed E-state index contributed by atoms with van der Waals surface area (Å²) >= 11 is 0. The first-order valence-electron chi connectivity index (χ1n) is 5.46. The molecular weight excluding hydrogens is 192 g/mol. The van der Waals surface area contributed by atoms with E-state index in [-0.39, 0.29) is 18.4 Å². The molecule has 0 heterocycles. The second-order valence-electron chi connectivity index (χ2n) is 4.71. The van der Waals surface area contributed by atoms with E-state index in [1.165, 1.54) is 17.6 Å². The molecule has 0 aliphatic heterocycles. The van der Waals surface area contributed by atoms with Gasteiger partial charge < -0.3 is 4.74 Å². The highest BCUT2D eigenvalue weighted by Gasteiger charge is 2.48. The number of allylic oxidation sites excluding steroid dienone is 2. The van der Waals surface area contributed by atoms with Crippen molar-refractivity contribution < 1.29 is 14.3 Å². The minimum Gasteiger partial charge on any atom is -0.395 e. The molecule has 0 N–H and O–H groups in total. The predicted molar refractivity (Wildman–Crippen MR) is 54.9 cm³/mol. The average Bonchev–Trinajstić information content (AvgIpc) is 2.74. The van der Waals surface area contributed by atoms with Crippen molar-refractivity contribution in [3.63, 3.8) is 0 Å². The van der Waals surface area contributed by atoms with E-state index in [0.29, 0.717) is 11.8 Å². The Balaban J connectivity index is 2.18. The largest absolute Gasteiger partial charge is 0.395 e. The normalized spacial score (nSPS) is 32.9. The summed E-state index contributed by atoms with van der Waals surface area (Å²) in [6.45, 7) is 4.46. The Morgan fingerprint density at radius 2 is 2.13 bits per heavy atom. The fraction of sp³-hybridized carbons (Fsp3) is 0.667. The zero-order valence-corrected chi connectivity index (χ0v) is 9.16. The smallest absolute Gasteiger partial charge is 0.317 e. The first kappa shape index (κ1) is 10.4. The number of ether oxygens (including phenoxy) is 1. The molecule has 2 aliphatic rings. The zero-order valence-electron chi connectivity index (χ0n) is 9.16. The van der Waals surface area contributed by atoms with Gasteiger partial charge in [-0.25, -0.2) is 0 Å². The van der Waals surface area contributed by atoms with E-state index in [4.69, 9.17) is 0 Å². The molecule has 2 bridgehead atoms. The Morgan fingerprint density at radius 1 is 1.40 bits per heavy atom. The van der Waals surface area contributed by atoms with Gasteiger partial charge in [0, 0.05) is 0 Å². The van der Waals surface area contributed by atoms with Gasteiger partial charge in [0.2, 0.25) is 0 Å². The molecule has 0 radical (unpaired) electrons. The van der Waals surface area contributed by atoms with Crippen LogP contribution < -0.4 is 0 Å². The van der Waals surface area contributed by atoms with E-state index >= 15 is 0 Å². The van der Waals surface area contributed by atoms with Crippen molar-refractivity contribution in [2.24, 2.45) is 17.8 Å². The predicted octanol–water partition coefficient (Wildman–Crippen LogP) is 2.07. The van der Waals surface area contributed by atoms with Crippen LogP contribution in [0.4, 0.5) is 0 Å². The fourth-order valence-corrected chi connectivity index (χ4v) is 3.30. The minimum absolute atomic E-state index is 0.0705. The summed E-state index contributed by atoms with van der Waals surface area (Å²) in [7, 11) is 0. The molecule has 0 saturated heterocycles. The van der Waals surface area contributed by atoms with Crippen LogP contribution >= 0.6 is 0 Å². The maximum Gasteiger partial charge on any atom is 0.317 e. The highest BCUT2D eigenvalue weighted by Crippen LogP contribution is 2.53. The van der Waals surface area contributed by atoms with Crippen LogP contribution in [0, 0.1) is 17.8 Å². The van der Waals surface area contributed by atoms with Crippen LogP contribution in [0.2, 0.25) is 0 Å². The van der Waals surface area contributed by atoms with E-state index < -0.39 is 0 Å². The van der Waals surface area contributed by atoms with Gasteiger partial charge in [0.25, 0.3) is 0 Å². The Hall–Kier alpha value is -1.12. The van der Waals surface area contributed by atoms with Crippen LogP contribution in [0.25, 0.3) is 0 Å². The topological polar surface area (TPSA) is 43.4 Å². The van der Waals surface area contributed by atoms with Gasteiger partial charge in [-0.2, -0.15) is 0 Å². The van der Waals surface area contributed by atoms with Crippen molar-refractivity contribution in [2.75, 3.05) is 0 Å². The number of hydrogen-bond acceptors (Lipinski definition) is 3. The van der Waals surface area contributed by atoms with Crippen molar-refractivity contribution in [3.05, 3.63) is 11.1 Å². The standard InChI is InChI=1S/C12H16O3/c1-7(2)11-8-3-4-9(11)10(5-8)12(14)15-6-13/h6,8-10H,3-5H2,1-2H3. The van der Waals surface area contributed by atoms with Crippen molar-refractivity contribution in [3.8, 4) is 0 Å². The van der Waals surface area contributed by atoms with Crippen molar-refractivity contribution in [1.82, 2.24) is 0 Å². The molecule has 0 spiro atoms. The Bertz CT molecular complexity index is 326. The highest BCUT2D eigenvalue weighted by molar-refractivity contribution is 5.80. The summed E-state index contributed by atoms with van der Waals surface area (Å²) in [5.74, 6) is 0.492. The maximum atomic E-state index is 11.5. The Morgan fingerprint density at radius 3 is 2.67 bits per heavy atom. The minimum atomic E-state index is -0.337. The van der Waals surface area contributed by atoms with E-state index in [2.05, 4.69) is 18.6 Å². The van der Waals surface area contributed by atoms with Crippen LogP contribution in [0.1, 0.15) is 33.1 Å². The summed E-state index contributed by atoms with van der Waals surface area (Å²) in [6.07, 6.45) is 3.14. The number of carbonyl (C=O) groups excluding carboxylic acids is 2. The fourth-order valence-electron chi connectivity index (χ4n) is 3.30. The summed E-state index contributed by atoms with van der Waals surface area (Å²) in [4.78, 5) is 21.7. The number of hydrogen-bond donors (Lipinski definition) is 0. The van der Waals surface area contributed by atoms with Crippen molar-refractivity contribution in [2.45, 2.75) is 33.1 Å². The maximum absolute atomic E-state index is 11.5. The van der Waals surface area contributed by atoms with Gasteiger partial charge in [-0.1, -0.05) is 11.1 Å². The lowest BCUT2D eigenvalue weighted by Gasteiger charge is -2.17. The zero-order chi connectivity index (χ0) is 11.0. The molecule has 0 aromatic rings. The van der Waals surface area contributed by atoms with Crippen LogP contribution in [0.5, 0.6) is 0 Å². The van der Waals surface area contributed by atoms with Gasteiger partial charge >= 0.3 is 12.4 Å². The second-order valence-corrected chi connectivity index (χ2v) is 4.71. The van der Waals surface area contributed by atoms with Crippen LogP contribution in [0.3, 0.4) is 0 Å². The second kappa shape index (κ2) is 3.80. The van der Waals surface area contributed by atoms with Gasteiger partial charge in [0.15, 0.2) is 0 Å². The van der Waals surface area contributed by atoms with Crippen LogP contribution in [-0.2, 0) is 14.3 Å². The highest BCUT2D eigenvalue weighted by atomic mass is 16.6. The molecule has 3 unspecified atom stereocenters. The molecule has 0 aromatic heterocycles. The van der Waals surface area contributed by atoms with E-state index in [9.17, 15) is 9.59 Å². The summed E-state index contributed by atoms with van der Waals surface area (Å²) in [6, 6.07) is 0. The van der Waals surface area contributed by atoms with Gasteiger partial charge in [0.05, 0.1) is 5.92 Å². The molecule has 2 saturated carbocycles. The molecule has 0 aromatic carbocycles. The van der Waals surface area contributed by atoms with Gasteiger partial charge in [-0.3, -0.25) is 9.59 Å². The van der Waals surface area contributed by atoms with Gasteiger partial charge in [-0.15, -0.1) is 0 Å². The summed E-state index contributed by atoms with van der Waals surface area (Å²) < 4.78 is 4.46. The average molecular weight is 208 g/mol. The first-order valence-corrected chi connectivity index (χ1v) is 5.46. The van der Waals surface area contributed by atoms with E-state index in [1.54, 1.807) is 0 Å². The Labute approximate surface area is 89.5 Å². The van der Waals surface area contributed by atoms with Crippen LogP contribution in [0.15, 0.2) is 11.1 Å². The number of carbonyl (C=O) groups is 2. The van der Waals surface area contributed by atoms with Gasteiger partial charge in [-0.05, 0) is 44.9 Å². The van der Waals surface area contributed by atoms with Crippen molar-refractivity contribution in [1.29, 1.82) is 0 Å². The van der Waals surface area contributed by atoms with Crippen molar-refractivity contribution >= 4 is 12.4 Å².